The van der Waals surface area contributed by atoms with Crippen molar-refractivity contribution in [3.63, 3.8) is 0 Å². The first-order valence-electron chi connectivity index (χ1n) is 7.88. The summed E-state index contributed by atoms with van der Waals surface area (Å²) in [5.41, 5.74) is 5.64. The molecular weight excluding hydrogens is 274 g/mol. The van der Waals surface area contributed by atoms with Gasteiger partial charge in [0.25, 0.3) is 10.2 Å². The molecule has 0 spiro atoms. The minimum Gasteiger partial charge on any atom is -0.329 e. The zero-order valence-electron chi connectivity index (χ0n) is 13.2. The highest BCUT2D eigenvalue weighted by Crippen LogP contribution is 2.33. The molecule has 5 nitrogen and oxygen atoms in total. The van der Waals surface area contributed by atoms with Crippen LogP contribution in [-0.4, -0.2) is 37.4 Å². The van der Waals surface area contributed by atoms with Gasteiger partial charge in [0.1, 0.15) is 0 Å². The van der Waals surface area contributed by atoms with Crippen molar-refractivity contribution < 1.29 is 8.42 Å². The maximum atomic E-state index is 12.7. The number of hydrogen-bond donors (Lipinski definition) is 2. The summed E-state index contributed by atoms with van der Waals surface area (Å²) in [6.07, 6.45) is 7.05. The van der Waals surface area contributed by atoms with Gasteiger partial charge < -0.3 is 5.73 Å². The second-order valence-electron chi connectivity index (χ2n) is 6.19. The summed E-state index contributed by atoms with van der Waals surface area (Å²) < 4.78 is 29.7. The first-order valence-corrected chi connectivity index (χ1v) is 9.32. The fraction of sp³-hybridized carbons (Fsp3) is 1.00. The Kier molecular flexibility index (Phi) is 6.91. The van der Waals surface area contributed by atoms with Crippen LogP contribution >= 0.6 is 0 Å². The third-order valence-corrected chi connectivity index (χ3v) is 5.96. The van der Waals surface area contributed by atoms with Crippen molar-refractivity contribution in [2.75, 3.05) is 13.1 Å². The molecule has 0 aliphatic heterocycles. The van der Waals surface area contributed by atoms with Crippen LogP contribution in [0.15, 0.2) is 0 Å². The first-order chi connectivity index (χ1) is 9.38. The molecule has 1 fully saturated rings. The molecule has 1 rings (SSSR count). The van der Waals surface area contributed by atoms with Gasteiger partial charge in [-0.1, -0.05) is 32.6 Å². The smallest absolute Gasteiger partial charge is 0.280 e. The van der Waals surface area contributed by atoms with Gasteiger partial charge in [-0.15, -0.1) is 0 Å². The molecule has 0 saturated heterocycles. The average Bonchev–Trinajstić information content (AvgIpc) is 2.60. The van der Waals surface area contributed by atoms with Crippen molar-refractivity contribution >= 4 is 10.2 Å². The van der Waals surface area contributed by atoms with Crippen LogP contribution in [0.25, 0.3) is 0 Å². The largest absolute Gasteiger partial charge is 0.329 e. The van der Waals surface area contributed by atoms with E-state index in [4.69, 9.17) is 5.73 Å². The third kappa shape index (κ3) is 4.41. The van der Waals surface area contributed by atoms with Crippen molar-refractivity contribution in [2.45, 2.75) is 77.3 Å². The molecule has 6 heteroatoms. The molecule has 1 aliphatic carbocycles. The predicted molar refractivity (Wildman–Crippen MR) is 83.7 cm³/mol. The number of nitrogens with zero attached hydrogens (tertiary/aromatic N) is 1. The monoisotopic (exact) mass is 305 g/mol. The van der Waals surface area contributed by atoms with Crippen molar-refractivity contribution in [1.29, 1.82) is 0 Å². The maximum Gasteiger partial charge on any atom is 0.280 e. The van der Waals surface area contributed by atoms with Gasteiger partial charge in [0.2, 0.25) is 0 Å². The fourth-order valence-corrected chi connectivity index (χ4v) is 5.03. The lowest BCUT2D eigenvalue weighted by molar-refractivity contribution is 0.165. The van der Waals surface area contributed by atoms with E-state index in [-0.39, 0.29) is 6.04 Å². The maximum absolute atomic E-state index is 12.7. The van der Waals surface area contributed by atoms with Crippen LogP contribution in [0, 0.1) is 0 Å². The van der Waals surface area contributed by atoms with Gasteiger partial charge in [0, 0.05) is 24.7 Å². The van der Waals surface area contributed by atoms with E-state index in [1.165, 1.54) is 12.8 Å². The summed E-state index contributed by atoms with van der Waals surface area (Å²) in [5, 5.41) is 0. The summed E-state index contributed by atoms with van der Waals surface area (Å²) in [7, 11) is -3.47. The van der Waals surface area contributed by atoms with Crippen LogP contribution in [0.4, 0.5) is 0 Å². The molecule has 0 atom stereocenters. The Balaban J connectivity index is 3.07. The molecule has 0 heterocycles. The molecule has 0 aromatic heterocycles. The molecule has 0 amide bonds. The van der Waals surface area contributed by atoms with Gasteiger partial charge in [-0.3, -0.25) is 0 Å². The molecule has 1 saturated carbocycles. The molecule has 20 heavy (non-hydrogen) atoms. The second-order valence-corrected chi connectivity index (χ2v) is 7.82. The van der Waals surface area contributed by atoms with Crippen LogP contribution in [0.5, 0.6) is 0 Å². The highest BCUT2D eigenvalue weighted by atomic mass is 32.2. The van der Waals surface area contributed by atoms with Gasteiger partial charge in [-0.05, 0) is 33.1 Å². The zero-order chi connectivity index (χ0) is 15.2. The molecule has 0 aromatic rings. The number of nitrogens with two attached hydrogens (primary N) is 1. The average molecular weight is 305 g/mol. The van der Waals surface area contributed by atoms with Gasteiger partial charge in [0.05, 0.1) is 0 Å². The summed E-state index contributed by atoms with van der Waals surface area (Å²) in [6, 6.07) is -0.0973. The summed E-state index contributed by atoms with van der Waals surface area (Å²) in [6.45, 7) is 6.66. The van der Waals surface area contributed by atoms with Crippen molar-refractivity contribution in [3.8, 4) is 0 Å². The lowest BCUT2D eigenvalue weighted by Gasteiger charge is -2.42. The second kappa shape index (κ2) is 7.73. The van der Waals surface area contributed by atoms with Crippen LogP contribution in [0.2, 0.25) is 0 Å². The summed E-state index contributed by atoms with van der Waals surface area (Å²) in [5.74, 6) is 0. The van der Waals surface area contributed by atoms with Crippen LogP contribution in [0.1, 0.15) is 65.7 Å². The Bertz CT molecular complexity index is 374. The van der Waals surface area contributed by atoms with Gasteiger partial charge in [0.15, 0.2) is 0 Å². The predicted octanol–water partition coefficient (Wildman–Crippen LogP) is 1.99. The molecule has 1 aliphatic rings. The minimum atomic E-state index is -3.47. The Morgan fingerprint density at radius 2 is 1.75 bits per heavy atom. The van der Waals surface area contributed by atoms with E-state index in [9.17, 15) is 8.42 Å². The summed E-state index contributed by atoms with van der Waals surface area (Å²) in [4.78, 5) is 0. The zero-order valence-corrected chi connectivity index (χ0v) is 14.0. The van der Waals surface area contributed by atoms with Crippen molar-refractivity contribution in [3.05, 3.63) is 0 Å². The van der Waals surface area contributed by atoms with E-state index >= 15 is 0 Å². The topological polar surface area (TPSA) is 75.4 Å². The Labute approximate surface area is 124 Å². The molecule has 120 valence electrons. The van der Waals surface area contributed by atoms with Gasteiger partial charge in [-0.2, -0.15) is 17.4 Å². The van der Waals surface area contributed by atoms with E-state index in [0.717, 1.165) is 32.1 Å². The SMILES string of the molecule is CCCN(C1(CN)CCCCCC1)S(=O)(=O)NC(C)C. The standard InChI is InChI=1S/C14H31N3O2S/c1-4-11-17(20(18,19)16-13(2)3)14(12-15)9-7-5-6-8-10-14/h13,16H,4-12,15H2,1-3H3. The quantitative estimate of drug-likeness (QED) is 0.706. The Hall–Kier alpha value is -0.170. The van der Waals surface area contributed by atoms with Crippen LogP contribution in [0.3, 0.4) is 0 Å². The normalized spacial score (nSPS) is 20.3. The minimum absolute atomic E-state index is 0.0973. The first kappa shape index (κ1) is 17.9. The lowest BCUT2D eigenvalue weighted by Crippen LogP contribution is -2.59. The number of hydrogen-bond acceptors (Lipinski definition) is 3. The summed E-state index contributed by atoms with van der Waals surface area (Å²) >= 11 is 0. The van der Waals surface area contributed by atoms with Crippen LogP contribution < -0.4 is 10.5 Å². The fourth-order valence-electron chi connectivity index (χ4n) is 3.12. The van der Waals surface area contributed by atoms with Crippen molar-refractivity contribution in [2.24, 2.45) is 5.73 Å². The molecule has 0 aromatic carbocycles. The van der Waals surface area contributed by atoms with E-state index in [2.05, 4.69) is 4.72 Å². The van der Waals surface area contributed by atoms with E-state index in [1.54, 1.807) is 4.31 Å². The Morgan fingerprint density at radius 3 is 2.15 bits per heavy atom. The molecule has 0 bridgehead atoms. The van der Waals surface area contributed by atoms with Crippen LogP contribution in [-0.2, 0) is 10.2 Å². The van der Waals surface area contributed by atoms with E-state index in [1.807, 2.05) is 20.8 Å². The Morgan fingerprint density at radius 1 is 1.20 bits per heavy atom. The molecule has 0 radical (unpaired) electrons. The third-order valence-electron chi connectivity index (χ3n) is 4.04. The highest BCUT2D eigenvalue weighted by molar-refractivity contribution is 7.87. The molecular formula is C14H31N3O2S. The van der Waals surface area contributed by atoms with Crippen molar-refractivity contribution in [1.82, 2.24) is 9.03 Å². The van der Waals surface area contributed by atoms with Gasteiger partial charge in [-0.25, -0.2) is 0 Å². The molecule has 3 N–H and O–H groups in total. The lowest BCUT2D eigenvalue weighted by atomic mass is 9.90. The molecule has 0 unspecified atom stereocenters. The number of nitrogens with one attached hydrogen (secondary N) is 1. The van der Waals surface area contributed by atoms with Gasteiger partial charge >= 0.3 is 0 Å². The number of rotatable bonds is 7. The van der Waals surface area contributed by atoms with E-state index < -0.39 is 15.7 Å². The highest BCUT2D eigenvalue weighted by Gasteiger charge is 2.42. The van der Waals surface area contributed by atoms with E-state index in [0.29, 0.717) is 13.1 Å².